The molecule has 1 heterocycles. The maximum Gasteiger partial charge on any atom is 0.230 e. The minimum absolute atomic E-state index is 0.0309. The zero-order valence-corrected chi connectivity index (χ0v) is 17.6. The lowest BCUT2D eigenvalue weighted by molar-refractivity contribution is -0.124. The molecular weight excluding hydrogens is 387 g/mol. The number of carbonyl (C=O) groups is 1. The van der Waals surface area contributed by atoms with Crippen molar-refractivity contribution in [1.82, 2.24) is 20.1 Å². The molecule has 0 spiro atoms. The molecule has 4 saturated carbocycles. The molecule has 4 bridgehead atoms. The number of hydrogen-bond donors (Lipinski definition) is 1. The van der Waals surface area contributed by atoms with Gasteiger partial charge in [0.2, 0.25) is 5.91 Å². The zero-order valence-electron chi connectivity index (χ0n) is 16.7. The molecule has 0 radical (unpaired) electrons. The van der Waals surface area contributed by atoms with Gasteiger partial charge < -0.3 is 9.88 Å². The van der Waals surface area contributed by atoms with E-state index in [0.717, 1.165) is 37.0 Å². The summed E-state index contributed by atoms with van der Waals surface area (Å²) in [6.45, 7) is 2.60. The molecule has 2 aromatic rings. The third kappa shape index (κ3) is 3.58. The molecule has 1 N–H and O–H groups in total. The standard InChI is InChI=1S/C22H27FN4OS/c1-2-27-20(17-5-3-4-6-18(17)23)25-26-21(27)29-13-19(28)24-22-10-14-7-15(11-22)9-16(8-14)12-22/h3-6,14-16H,2,7-13H2,1H3,(H,24,28). The first-order chi connectivity index (χ1) is 14.0. The van der Waals surface area contributed by atoms with E-state index in [0.29, 0.717) is 28.8 Å². The van der Waals surface area contributed by atoms with Gasteiger partial charge in [0, 0.05) is 12.1 Å². The molecule has 4 fully saturated rings. The Labute approximate surface area is 174 Å². The largest absolute Gasteiger partial charge is 0.350 e. The molecule has 154 valence electrons. The van der Waals surface area contributed by atoms with Crippen LogP contribution in [0.2, 0.25) is 0 Å². The zero-order chi connectivity index (χ0) is 20.0. The highest BCUT2D eigenvalue weighted by Crippen LogP contribution is 2.55. The van der Waals surface area contributed by atoms with Crippen molar-refractivity contribution in [2.45, 2.75) is 62.7 Å². The first-order valence-electron chi connectivity index (χ1n) is 10.7. The molecule has 29 heavy (non-hydrogen) atoms. The van der Waals surface area contributed by atoms with Crippen molar-refractivity contribution in [3.05, 3.63) is 30.1 Å². The van der Waals surface area contributed by atoms with Gasteiger partial charge in [0.15, 0.2) is 11.0 Å². The first-order valence-corrected chi connectivity index (χ1v) is 11.7. The summed E-state index contributed by atoms with van der Waals surface area (Å²) in [6, 6.07) is 6.59. The number of rotatable bonds is 6. The molecule has 6 rings (SSSR count). The Morgan fingerprint density at radius 3 is 2.45 bits per heavy atom. The van der Waals surface area contributed by atoms with Crippen LogP contribution in [0.25, 0.3) is 11.4 Å². The SMILES string of the molecule is CCn1c(SCC(=O)NC23CC4CC(CC(C4)C2)C3)nnc1-c1ccccc1F. The molecule has 0 saturated heterocycles. The van der Waals surface area contributed by atoms with E-state index in [-0.39, 0.29) is 17.3 Å². The lowest BCUT2D eigenvalue weighted by atomic mass is 9.53. The Hall–Kier alpha value is -1.89. The highest BCUT2D eigenvalue weighted by atomic mass is 32.2. The second-order valence-corrected chi connectivity index (χ2v) is 10.0. The van der Waals surface area contributed by atoms with Crippen LogP contribution < -0.4 is 5.32 Å². The number of halogens is 1. The van der Waals surface area contributed by atoms with Crippen molar-refractivity contribution >= 4 is 17.7 Å². The summed E-state index contributed by atoms with van der Waals surface area (Å²) in [6.07, 6.45) is 7.54. The molecule has 5 nitrogen and oxygen atoms in total. The number of nitrogens with one attached hydrogen (secondary N) is 1. The summed E-state index contributed by atoms with van der Waals surface area (Å²) in [5, 5.41) is 12.5. The summed E-state index contributed by atoms with van der Waals surface area (Å²) in [7, 11) is 0. The van der Waals surface area contributed by atoms with E-state index in [2.05, 4.69) is 15.5 Å². The van der Waals surface area contributed by atoms with Crippen LogP contribution in [-0.2, 0) is 11.3 Å². The molecule has 7 heteroatoms. The third-order valence-electron chi connectivity index (χ3n) is 6.92. The molecule has 1 aromatic carbocycles. The summed E-state index contributed by atoms with van der Waals surface area (Å²) in [4.78, 5) is 12.8. The van der Waals surface area contributed by atoms with Crippen LogP contribution >= 0.6 is 11.8 Å². The second-order valence-electron chi connectivity index (χ2n) is 9.07. The molecular formula is C22H27FN4OS. The minimum atomic E-state index is -0.314. The average molecular weight is 415 g/mol. The smallest absolute Gasteiger partial charge is 0.230 e. The van der Waals surface area contributed by atoms with Crippen molar-refractivity contribution in [1.29, 1.82) is 0 Å². The lowest BCUT2D eigenvalue weighted by Gasteiger charge is -2.56. The van der Waals surface area contributed by atoms with Gasteiger partial charge in [0.25, 0.3) is 0 Å². The Morgan fingerprint density at radius 1 is 1.17 bits per heavy atom. The average Bonchev–Trinajstić information content (AvgIpc) is 3.08. The third-order valence-corrected chi connectivity index (χ3v) is 7.89. The normalized spacial score (nSPS) is 29.9. The van der Waals surface area contributed by atoms with Crippen molar-refractivity contribution in [3.8, 4) is 11.4 Å². The quantitative estimate of drug-likeness (QED) is 0.717. The van der Waals surface area contributed by atoms with Crippen molar-refractivity contribution in [2.24, 2.45) is 17.8 Å². The highest BCUT2D eigenvalue weighted by Gasteiger charge is 2.51. The Kier molecular flexibility index (Phi) is 4.88. The van der Waals surface area contributed by atoms with E-state index in [1.807, 2.05) is 11.5 Å². The molecule has 0 aliphatic heterocycles. The fourth-order valence-corrected chi connectivity index (χ4v) is 7.05. The van der Waals surface area contributed by atoms with E-state index in [9.17, 15) is 9.18 Å². The molecule has 4 aliphatic rings. The van der Waals surface area contributed by atoms with E-state index in [1.54, 1.807) is 18.2 Å². The number of aromatic nitrogens is 3. The molecule has 0 atom stereocenters. The van der Waals surface area contributed by atoms with Gasteiger partial charge in [0.1, 0.15) is 5.82 Å². The van der Waals surface area contributed by atoms with Crippen molar-refractivity contribution in [2.75, 3.05) is 5.75 Å². The number of thioether (sulfide) groups is 1. The van der Waals surface area contributed by atoms with E-state index in [4.69, 9.17) is 0 Å². The Bertz CT molecular complexity index is 892. The van der Waals surface area contributed by atoms with E-state index >= 15 is 0 Å². The van der Waals surface area contributed by atoms with Gasteiger partial charge in [-0.15, -0.1) is 10.2 Å². The van der Waals surface area contributed by atoms with Gasteiger partial charge in [-0.3, -0.25) is 4.79 Å². The fourth-order valence-electron chi connectivity index (χ4n) is 6.25. The van der Waals surface area contributed by atoms with Crippen LogP contribution in [0.4, 0.5) is 4.39 Å². The predicted molar refractivity (Wildman–Crippen MR) is 111 cm³/mol. The maximum atomic E-state index is 14.2. The van der Waals surface area contributed by atoms with Crippen LogP contribution in [0.5, 0.6) is 0 Å². The van der Waals surface area contributed by atoms with Crippen molar-refractivity contribution in [3.63, 3.8) is 0 Å². The van der Waals surface area contributed by atoms with Gasteiger partial charge in [-0.05, 0) is 75.3 Å². The highest BCUT2D eigenvalue weighted by molar-refractivity contribution is 7.99. The van der Waals surface area contributed by atoms with Gasteiger partial charge in [-0.25, -0.2) is 4.39 Å². The number of amides is 1. The lowest BCUT2D eigenvalue weighted by Crippen LogP contribution is -2.60. The summed E-state index contributed by atoms with van der Waals surface area (Å²) >= 11 is 1.38. The van der Waals surface area contributed by atoms with Gasteiger partial charge in [0.05, 0.1) is 11.3 Å². The Morgan fingerprint density at radius 2 is 1.83 bits per heavy atom. The van der Waals surface area contributed by atoms with Crippen LogP contribution in [0.3, 0.4) is 0 Å². The molecule has 1 aromatic heterocycles. The van der Waals surface area contributed by atoms with Gasteiger partial charge >= 0.3 is 0 Å². The number of carbonyl (C=O) groups excluding carboxylic acids is 1. The maximum absolute atomic E-state index is 14.2. The molecule has 0 unspecified atom stereocenters. The van der Waals surface area contributed by atoms with Gasteiger partial charge in [-0.1, -0.05) is 23.9 Å². The van der Waals surface area contributed by atoms with Crippen LogP contribution in [0.1, 0.15) is 45.4 Å². The van der Waals surface area contributed by atoms with Crippen LogP contribution in [0, 0.1) is 23.6 Å². The summed E-state index contributed by atoms with van der Waals surface area (Å²) in [5.74, 6) is 3.01. The minimum Gasteiger partial charge on any atom is -0.350 e. The number of benzene rings is 1. The summed E-state index contributed by atoms with van der Waals surface area (Å²) in [5.41, 5.74) is 0.468. The van der Waals surface area contributed by atoms with E-state index < -0.39 is 0 Å². The fraction of sp³-hybridized carbons (Fsp3) is 0.591. The monoisotopic (exact) mass is 414 g/mol. The number of hydrogen-bond acceptors (Lipinski definition) is 4. The number of nitrogens with zero attached hydrogens (tertiary/aromatic N) is 3. The van der Waals surface area contributed by atoms with Gasteiger partial charge in [-0.2, -0.15) is 0 Å². The van der Waals surface area contributed by atoms with E-state index in [1.165, 1.54) is 37.1 Å². The first kappa shape index (κ1) is 19.1. The molecule has 4 aliphatic carbocycles. The van der Waals surface area contributed by atoms with Crippen LogP contribution in [-0.4, -0.2) is 32.0 Å². The predicted octanol–water partition coefficient (Wildman–Crippen LogP) is 4.28. The Balaban J connectivity index is 1.26. The van der Waals surface area contributed by atoms with Crippen molar-refractivity contribution < 1.29 is 9.18 Å². The second kappa shape index (κ2) is 7.42. The van der Waals surface area contributed by atoms with Crippen LogP contribution in [0.15, 0.2) is 29.4 Å². The molecule has 1 amide bonds. The summed E-state index contributed by atoms with van der Waals surface area (Å²) < 4.78 is 16.1. The topological polar surface area (TPSA) is 59.8 Å².